The van der Waals surface area contributed by atoms with Crippen molar-refractivity contribution in [1.29, 1.82) is 0 Å². The van der Waals surface area contributed by atoms with Crippen LogP contribution in [0.2, 0.25) is 0 Å². The zero-order valence-electron chi connectivity index (χ0n) is 11.4. The maximum atomic E-state index is 12.5. The van der Waals surface area contributed by atoms with Crippen LogP contribution in [0.25, 0.3) is 0 Å². The Morgan fingerprint density at radius 3 is 2.80 bits per heavy atom. The lowest BCUT2D eigenvalue weighted by Crippen LogP contribution is -2.41. The normalized spacial score (nSPS) is 18.2. The number of benzene rings is 1. The maximum absolute atomic E-state index is 12.5. The number of aromatic nitrogens is 2. The lowest BCUT2D eigenvalue weighted by atomic mass is 10.1. The predicted octanol–water partition coefficient (Wildman–Crippen LogP) is 1.59. The number of nitrogens with zero attached hydrogens (tertiary/aromatic N) is 3. The van der Waals surface area contributed by atoms with E-state index in [9.17, 15) is 4.79 Å². The summed E-state index contributed by atoms with van der Waals surface area (Å²) in [4.78, 5) is 14.3. The van der Waals surface area contributed by atoms with Crippen molar-refractivity contribution in [2.75, 3.05) is 6.54 Å². The highest BCUT2D eigenvalue weighted by Crippen LogP contribution is 2.22. The molecule has 3 rings (SSSR count). The zero-order chi connectivity index (χ0) is 14.1. The summed E-state index contributed by atoms with van der Waals surface area (Å²) >= 11 is 0. The average Bonchev–Trinajstić information content (AvgIpc) is 2.91. The van der Waals surface area contributed by atoms with Crippen molar-refractivity contribution < 1.29 is 9.90 Å². The smallest absolute Gasteiger partial charge is 0.272 e. The van der Waals surface area contributed by atoms with E-state index in [1.807, 2.05) is 42.2 Å². The van der Waals surface area contributed by atoms with Crippen molar-refractivity contribution >= 4 is 5.91 Å². The highest BCUT2D eigenvalue weighted by atomic mass is 16.3. The first-order valence-corrected chi connectivity index (χ1v) is 6.71. The van der Waals surface area contributed by atoms with Gasteiger partial charge in [0, 0.05) is 13.1 Å². The highest BCUT2D eigenvalue weighted by molar-refractivity contribution is 5.93. The number of hydrogen-bond acceptors (Lipinski definition) is 3. The van der Waals surface area contributed by atoms with Crippen LogP contribution in [0.3, 0.4) is 0 Å². The van der Waals surface area contributed by atoms with E-state index in [0.29, 0.717) is 24.5 Å². The van der Waals surface area contributed by atoms with Crippen molar-refractivity contribution in [3.05, 3.63) is 53.3 Å². The molecule has 0 bridgehead atoms. The summed E-state index contributed by atoms with van der Waals surface area (Å²) in [5.41, 5.74) is 2.22. The number of hydrogen-bond donors (Lipinski definition) is 1. The van der Waals surface area contributed by atoms with Crippen LogP contribution >= 0.6 is 0 Å². The van der Waals surface area contributed by atoms with E-state index in [1.165, 1.54) is 0 Å². The van der Waals surface area contributed by atoms with E-state index in [0.717, 1.165) is 5.56 Å². The molecule has 0 spiro atoms. The second-order valence-corrected chi connectivity index (χ2v) is 5.14. The minimum Gasteiger partial charge on any atom is -0.390 e. The molecule has 0 aliphatic carbocycles. The van der Waals surface area contributed by atoms with E-state index < -0.39 is 0 Å². The van der Waals surface area contributed by atoms with Gasteiger partial charge < -0.3 is 10.0 Å². The van der Waals surface area contributed by atoms with Crippen molar-refractivity contribution in [3.8, 4) is 0 Å². The van der Waals surface area contributed by atoms with Crippen LogP contribution in [0.5, 0.6) is 0 Å². The van der Waals surface area contributed by atoms with Gasteiger partial charge in [-0.1, -0.05) is 30.3 Å². The van der Waals surface area contributed by atoms with Gasteiger partial charge in [-0.15, -0.1) is 0 Å². The SMILES string of the molecule is CC1CN(Cc2ccccc2)C(=O)c2cc(CO)nn21. The summed E-state index contributed by atoms with van der Waals surface area (Å²) < 4.78 is 1.72. The first-order chi connectivity index (χ1) is 9.69. The largest absolute Gasteiger partial charge is 0.390 e. The third-order valence-electron chi connectivity index (χ3n) is 3.57. The maximum Gasteiger partial charge on any atom is 0.272 e. The Morgan fingerprint density at radius 1 is 1.35 bits per heavy atom. The summed E-state index contributed by atoms with van der Waals surface area (Å²) in [7, 11) is 0. The van der Waals surface area contributed by atoms with E-state index in [-0.39, 0.29) is 18.6 Å². The van der Waals surface area contributed by atoms with Crippen molar-refractivity contribution in [2.24, 2.45) is 0 Å². The molecule has 2 aromatic rings. The number of carbonyl (C=O) groups is 1. The Balaban J connectivity index is 1.87. The summed E-state index contributed by atoms with van der Waals surface area (Å²) in [6.07, 6.45) is 0. The van der Waals surface area contributed by atoms with Crippen molar-refractivity contribution in [3.63, 3.8) is 0 Å². The minimum absolute atomic E-state index is 0.0286. The van der Waals surface area contributed by atoms with Crippen molar-refractivity contribution in [2.45, 2.75) is 26.1 Å². The number of amides is 1. The Hall–Kier alpha value is -2.14. The summed E-state index contributed by atoms with van der Waals surface area (Å²) in [5.74, 6) is -0.0286. The van der Waals surface area contributed by atoms with Crippen LogP contribution < -0.4 is 0 Å². The lowest BCUT2D eigenvalue weighted by molar-refractivity contribution is 0.0650. The van der Waals surface area contributed by atoms with E-state index >= 15 is 0 Å². The topological polar surface area (TPSA) is 58.4 Å². The number of aliphatic hydroxyl groups excluding tert-OH is 1. The van der Waals surface area contributed by atoms with Gasteiger partial charge in [-0.3, -0.25) is 9.48 Å². The van der Waals surface area contributed by atoms with Gasteiger partial charge in [-0.2, -0.15) is 5.10 Å². The van der Waals surface area contributed by atoms with Gasteiger partial charge in [0.15, 0.2) is 0 Å². The third-order valence-corrected chi connectivity index (χ3v) is 3.57. The number of aliphatic hydroxyl groups is 1. The molecule has 1 aromatic heterocycles. The summed E-state index contributed by atoms with van der Waals surface area (Å²) in [5, 5.41) is 13.4. The van der Waals surface area contributed by atoms with Crippen LogP contribution in [-0.2, 0) is 13.2 Å². The van der Waals surface area contributed by atoms with Gasteiger partial charge in [-0.25, -0.2) is 0 Å². The molecule has 1 aromatic carbocycles. The molecule has 1 aliphatic heterocycles. The Kier molecular flexibility index (Phi) is 3.28. The molecule has 5 nitrogen and oxygen atoms in total. The fourth-order valence-corrected chi connectivity index (χ4v) is 2.60. The lowest BCUT2D eigenvalue weighted by Gasteiger charge is -2.31. The molecule has 0 fully saturated rings. The average molecular weight is 271 g/mol. The predicted molar refractivity (Wildman–Crippen MR) is 74.0 cm³/mol. The van der Waals surface area contributed by atoms with Crippen LogP contribution in [0.15, 0.2) is 36.4 Å². The molecule has 0 saturated carbocycles. The van der Waals surface area contributed by atoms with Crippen LogP contribution in [0.1, 0.15) is 34.7 Å². The Labute approximate surface area is 117 Å². The third kappa shape index (κ3) is 2.20. The molecule has 1 unspecified atom stereocenters. The van der Waals surface area contributed by atoms with Gasteiger partial charge in [0.05, 0.1) is 18.3 Å². The molecule has 0 saturated heterocycles. The minimum atomic E-state index is -0.140. The molecule has 20 heavy (non-hydrogen) atoms. The van der Waals surface area contributed by atoms with Gasteiger partial charge in [0.25, 0.3) is 5.91 Å². The van der Waals surface area contributed by atoms with E-state index in [2.05, 4.69) is 5.10 Å². The van der Waals surface area contributed by atoms with Crippen molar-refractivity contribution in [1.82, 2.24) is 14.7 Å². The van der Waals surface area contributed by atoms with Crippen LogP contribution in [0, 0.1) is 0 Å². The quantitative estimate of drug-likeness (QED) is 0.922. The molecule has 1 aliphatic rings. The molecule has 0 radical (unpaired) electrons. The molecule has 1 N–H and O–H groups in total. The molecular weight excluding hydrogens is 254 g/mol. The van der Waals surface area contributed by atoms with Gasteiger partial charge >= 0.3 is 0 Å². The monoisotopic (exact) mass is 271 g/mol. The fourth-order valence-electron chi connectivity index (χ4n) is 2.60. The Morgan fingerprint density at radius 2 is 2.10 bits per heavy atom. The highest BCUT2D eigenvalue weighted by Gasteiger charge is 2.30. The Bertz CT molecular complexity index is 621. The molecule has 104 valence electrons. The summed E-state index contributed by atoms with van der Waals surface area (Å²) in [6.45, 7) is 3.12. The first kappa shape index (κ1) is 12.9. The fraction of sp³-hybridized carbons (Fsp3) is 0.333. The van der Waals surface area contributed by atoms with Gasteiger partial charge in [-0.05, 0) is 18.6 Å². The second kappa shape index (κ2) is 5.09. The zero-order valence-corrected chi connectivity index (χ0v) is 11.4. The number of carbonyl (C=O) groups excluding carboxylic acids is 1. The van der Waals surface area contributed by atoms with Crippen LogP contribution in [0.4, 0.5) is 0 Å². The number of rotatable bonds is 3. The van der Waals surface area contributed by atoms with E-state index in [1.54, 1.807) is 10.7 Å². The first-order valence-electron chi connectivity index (χ1n) is 6.71. The van der Waals surface area contributed by atoms with Gasteiger partial charge in [0.1, 0.15) is 5.69 Å². The van der Waals surface area contributed by atoms with E-state index in [4.69, 9.17) is 5.11 Å². The second-order valence-electron chi connectivity index (χ2n) is 5.14. The molecule has 5 heteroatoms. The standard InChI is InChI=1S/C15H17N3O2/c1-11-8-17(9-12-5-3-2-4-6-12)15(20)14-7-13(10-19)16-18(11)14/h2-7,11,19H,8-10H2,1H3. The summed E-state index contributed by atoms with van der Waals surface area (Å²) in [6, 6.07) is 11.7. The molecular formula is C15H17N3O2. The molecule has 2 heterocycles. The van der Waals surface area contributed by atoms with Gasteiger partial charge in [0.2, 0.25) is 0 Å². The number of fused-ring (bicyclic) bond motifs is 1. The van der Waals surface area contributed by atoms with Crippen LogP contribution in [-0.4, -0.2) is 32.2 Å². The molecule has 1 atom stereocenters. The molecule has 1 amide bonds.